The van der Waals surface area contributed by atoms with Crippen LogP contribution in [-0.2, 0) is 17.1 Å². The number of hydrogen-bond acceptors (Lipinski definition) is 7. The minimum absolute atomic E-state index is 0.0997. The number of rotatable bonds is 9. The molecule has 1 N–H and O–H groups in total. The lowest BCUT2D eigenvalue weighted by Crippen LogP contribution is -2.40. The highest BCUT2D eigenvalue weighted by Gasteiger charge is 2.25. The molecule has 0 saturated carbocycles. The van der Waals surface area contributed by atoms with Crippen molar-refractivity contribution in [3.8, 4) is 10.7 Å². The molecular weight excluding hydrogens is 428 g/mol. The molecule has 0 atom stereocenters. The van der Waals surface area contributed by atoms with Gasteiger partial charge in [-0.3, -0.25) is 9.69 Å². The number of carbonyl (C=O) groups excluding carboxylic acids is 1. The summed E-state index contributed by atoms with van der Waals surface area (Å²) in [5, 5.41) is 9.19. The van der Waals surface area contributed by atoms with Crippen molar-refractivity contribution in [3.63, 3.8) is 0 Å². The van der Waals surface area contributed by atoms with Crippen LogP contribution in [0.3, 0.4) is 0 Å². The summed E-state index contributed by atoms with van der Waals surface area (Å²) in [6, 6.07) is 12.6. The monoisotopic (exact) mass is 456 g/mol. The lowest BCUT2D eigenvalue weighted by molar-refractivity contribution is -0.126. The molecule has 0 spiro atoms. The van der Waals surface area contributed by atoms with E-state index in [0.29, 0.717) is 18.3 Å². The molecule has 3 aromatic rings. The fraction of sp³-hybridized carbons (Fsp3) is 0.435. The lowest BCUT2D eigenvalue weighted by Gasteiger charge is -2.30. The van der Waals surface area contributed by atoms with Crippen LogP contribution in [0.25, 0.3) is 10.7 Å². The maximum absolute atomic E-state index is 12.5. The van der Waals surface area contributed by atoms with Crippen molar-refractivity contribution in [1.82, 2.24) is 20.4 Å². The van der Waals surface area contributed by atoms with Gasteiger partial charge in [-0.1, -0.05) is 41.1 Å². The second-order valence-electron chi connectivity index (χ2n) is 7.87. The molecule has 0 radical (unpaired) electrons. The second kappa shape index (κ2) is 10.9. The third kappa shape index (κ3) is 6.41. The first-order valence-corrected chi connectivity index (χ1v) is 12.7. The number of likely N-dealkylation sites (tertiary alicyclic amines) is 1. The van der Waals surface area contributed by atoms with Gasteiger partial charge in [0.05, 0.1) is 11.4 Å². The molecule has 3 heterocycles. The number of thiophene rings is 1. The Balaban J connectivity index is 1.12. The van der Waals surface area contributed by atoms with Crippen LogP contribution < -0.4 is 5.32 Å². The van der Waals surface area contributed by atoms with E-state index in [4.69, 9.17) is 4.52 Å². The van der Waals surface area contributed by atoms with E-state index in [1.54, 1.807) is 11.3 Å². The molecule has 1 aromatic carbocycles. The number of nitrogens with zero attached hydrogens (tertiary/aromatic N) is 3. The maximum Gasteiger partial charge on any atom is 0.241 e. The molecule has 1 amide bonds. The Hall–Kier alpha value is -2.16. The molecule has 1 aliphatic heterocycles. The normalized spacial score (nSPS) is 15.3. The number of nitrogens with one attached hydrogen (secondary N) is 1. The highest BCUT2D eigenvalue weighted by molar-refractivity contribution is 7.98. The summed E-state index contributed by atoms with van der Waals surface area (Å²) in [4.78, 5) is 20.3. The van der Waals surface area contributed by atoms with Crippen molar-refractivity contribution in [3.05, 3.63) is 58.8 Å². The molecule has 8 heteroatoms. The number of aromatic nitrogens is 2. The Bertz CT molecular complexity index is 948. The molecule has 0 aliphatic carbocycles. The van der Waals surface area contributed by atoms with Crippen molar-refractivity contribution in [2.75, 3.05) is 25.4 Å². The summed E-state index contributed by atoms with van der Waals surface area (Å²) in [7, 11) is 0. The van der Waals surface area contributed by atoms with Gasteiger partial charge in [-0.2, -0.15) is 16.7 Å². The molecule has 6 nitrogen and oxygen atoms in total. The second-order valence-corrected chi connectivity index (χ2v) is 9.92. The van der Waals surface area contributed by atoms with Gasteiger partial charge in [0.2, 0.25) is 17.6 Å². The SMILES string of the molecule is Cc1ccc(CSCCNC(=O)C2CCN(Cc3nc(-c4cccs4)no3)CC2)cc1. The van der Waals surface area contributed by atoms with Crippen LogP contribution in [0.4, 0.5) is 0 Å². The Kier molecular flexibility index (Phi) is 7.77. The van der Waals surface area contributed by atoms with Gasteiger partial charge in [-0.25, -0.2) is 0 Å². The summed E-state index contributed by atoms with van der Waals surface area (Å²) < 4.78 is 5.40. The summed E-state index contributed by atoms with van der Waals surface area (Å²) in [5.74, 6) is 3.49. The van der Waals surface area contributed by atoms with Crippen LogP contribution in [0.1, 0.15) is 29.9 Å². The van der Waals surface area contributed by atoms with Crippen LogP contribution in [0.2, 0.25) is 0 Å². The van der Waals surface area contributed by atoms with Gasteiger partial charge >= 0.3 is 0 Å². The van der Waals surface area contributed by atoms with E-state index >= 15 is 0 Å². The first kappa shape index (κ1) is 22.0. The van der Waals surface area contributed by atoms with E-state index in [1.807, 2.05) is 29.3 Å². The molecule has 2 aromatic heterocycles. The van der Waals surface area contributed by atoms with E-state index in [1.165, 1.54) is 11.1 Å². The highest BCUT2D eigenvalue weighted by Crippen LogP contribution is 2.23. The van der Waals surface area contributed by atoms with Gasteiger partial charge in [0, 0.05) is 24.0 Å². The maximum atomic E-state index is 12.5. The summed E-state index contributed by atoms with van der Waals surface area (Å²) in [6.07, 6.45) is 1.74. The summed E-state index contributed by atoms with van der Waals surface area (Å²) in [6.45, 7) is 5.21. The molecule has 0 bridgehead atoms. The molecule has 164 valence electrons. The number of amides is 1. The van der Waals surface area contributed by atoms with Crippen LogP contribution >= 0.6 is 23.1 Å². The molecule has 1 aliphatic rings. The highest BCUT2D eigenvalue weighted by atomic mass is 32.2. The first-order chi connectivity index (χ1) is 15.2. The van der Waals surface area contributed by atoms with E-state index < -0.39 is 0 Å². The fourth-order valence-corrected chi connectivity index (χ4v) is 5.10. The van der Waals surface area contributed by atoms with Crippen molar-refractivity contribution < 1.29 is 9.32 Å². The Morgan fingerprint density at radius 3 is 2.81 bits per heavy atom. The predicted molar refractivity (Wildman–Crippen MR) is 126 cm³/mol. The van der Waals surface area contributed by atoms with E-state index in [-0.39, 0.29) is 11.8 Å². The topological polar surface area (TPSA) is 71.3 Å². The molecule has 1 fully saturated rings. The zero-order valence-corrected chi connectivity index (χ0v) is 19.4. The predicted octanol–water partition coefficient (Wildman–Crippen LogP) is 4.37. The van der Waals surface area contributed by atoms with Gasteiger partial charge in [-0.15, -0.1) is 11.3 Å². The number of aryl methyl sites for hydroxylation is 1. The number of benzene rings is 1. The minimum atomic E-state index is 0.0997. The first-order valence-electron chi connectivity index (χ1n) is 10.7. The lowest BCUT2D eigenvalue weighted by atomic mass is 9.96. The van der Waals surface area contributed by atoms with Crippen molar-refractivity contribution >= 4 is 29.0 Å². The molecule has 1 saturated heterocycles. The Morgan fingerprint density at radius 2 is 2.06 bits per heavy atom. The van der Waals surface area contributed by atoms with Gasteiger partial charge < -0.3 is 9.84 Å². The van der Waals surface area contributed by atoms with E-state index in [9.17, 15) is 4.79 Å². The zero-order valence-electron chi connectivity index (χ0n) is 17.8. The smallest absolute Gasteiger partial charge is 0.241 e. The number of piperidine rings is 1. The third-order valence-electron chi connectivity index (χ3n) is 5.46. The van der Waals surface area contributed by atoms with Crippen molar-refractivity contribution in [2.24, 2.45) is 5.92 Å². The van der Waals surface area contributed by atoms with Gasteiger partial charge in [0.1, 0.15) is 0 Å². The Labute approximate surface area is 191 Å². The van der Waals surface area contributed by atoms with Crippen LogP contribution in [-0.4, -0.2) is 46.3 Å². The molecule has 31 heavy (non-hydrogen) atoms. The molecule has 0 unspecified atom stereocenters. The fourth-order valence-electron chi connectivity index (χ4n) is 3.63. The zero-order chi connectivity index (χ0) is 21.5. The van der Waals surface area contributed by atoms with Gasteiger partial charge in [0.15, 0.2) is 0 Å². The van der Waals surface area contributed by atoms with Gasteiger partial charge in [0.25, 0.3) is 0 Å². The number of carbonyl (C=O) groups is 1. The summed E-state index contributed by atoms with van der Waals surface area (Å²) in [5.41, 5.74) is 2.62. The minimum Gasteiger partial charge on any atom is -0.355 e. The average molecular weight is 457 g/mol. The van der Waals surface area contributed by atoms with Crippen LogP contribution in [0.15, 0.2) is 46.3 Å². The van der Waals surface area contributed by atoms with Crippen molar-refractivity contribution in [2.45, 2.75) is 32.1 Å². The van der Waals surface area contributed by atoms with Crippen molar-refractivity contribution in [1.29, 1.82) is 0 Å². The van der Waals surface area contributed by atoms with Crippen LogP contribution in [0.5, 0.6) is 0 Å². The summed E-state index contributed by atoms with van der Waals surface area (Å²) >= 11 is 3.46. The largest absolute Gasteiger partial charge is 0.355 e. The van der Waals surface area contributed by atoms with Gasteiger partial charge in [-0.05, 0) is 49.9 Å². The van der Waals surface area contributed by atoms with E-state index in [2.05, 4.69) is 51.5 Å². The van der Waals surface area contributed by atoms with E-state index in [0.717, 1.165) is 48.9 Å². The number of hydrogen-bond donors (Lipinski definition) is 1. The standard InChI is InChI=1S/C23H28N4O2S2/c1-17-4-6-18(7-5-17)16-30-14-10-24-23(28)19-8-11-27(12-9-19)15-21-25-22(26-29-21)20-3-2-13-31-20/h2-7,13,19H,8-12,14-16H2,1H3,(H,24,28). The molecule has 4 rings (SSSR count). The number of thioether (sulfide) groups is 1. The quantitative estimate of drug-likeness (QED) is 0.482. The van der Waals surface area contributed by atoms with Crippen LogP contribution in [0, 0.1) is 12.8 Å². The Morgan fingerprint density at radius 1 is 1.26 bits per heavy atom. The molecular formula is C23H28N4O2S2. The third-order valence-corrected chi connectivity index (χ3v) is 7.36. The average Bonchev–Trinajstić information content (AvgIpc) is 3.47.